The third-order valence-corrected chi connectivity index (χ3v) is 3.89. The molecule has 0 aliphatic carbocycles. The Kier molecular flexibility index (Phi) is 3.33. The first-order valence-electron chi connectivity index (χ1n) is 6.05. The Morgan fingerprint density at radius 3 is 3.15 bits per heavy atom. The van der Waals surface area contributed by atoms with Gasteiger partial charge in [-0.15, -0.1) is 0 Å². The Balaban J connectivity index is 1.94. The summed E-state index contributed by atoms with van der Waals surface area (Å²) in [5.41, 5.74) is 2.42. The molecule has 0 aromatic carbocycles. The highest BCUT2D eigenvalue weighted by molar-refractivity contribution is 7.79. The second kappa shape index (κ2) is 5.14. The Morgan fingerprint density at radius 2 is 2.35 bits per heavy atom. The number of aromatic amines is 1. The summed E-state index contributed by atoms with van der Waals surface area (Å²) in [7, 11) is 0. The average molecular weight is 291 g/mol. The molecule has 2 atom stereocenters. The molecule has 0 fully saturated rings. The Morgan fingerprint density at radius 1 is 1.50 bits per heavy atom. The van der Waals surface area contributed by atoms with E-state index >= 15 is 0 Å². The number of hydrogen-bond acceptors (Lipinski definition) is 4. The molecule has 0 radical (unpaired) electrons. The topological polar surface area (TPSA) is 96.7 Å². The molecule has 3 rings (SSSR count). The van der Waals surface area contributed by atoms with Crippen LogP contribution in [0.5, 0.6) is 0 Å². The molecule has 0 saturated heterocycles. The first-order valence-corrected chi connectivity index (χ1v) is 7.22. The van der Waals surface area contributed by atoms with E-state index in [9.17, 15) is 4.21 Å². The van der Waals surface area contributed by atoms with E-state index in [2.05, 4.69) is 20.1 Å². The lowest BCUT2D eigenvalue weighted by molar-refractivity contribution is 0.524. The van der Waals surface area contributed by atoms with E-state index in [1.54, 1.807) is 17.8 Å². The number of nitrogens with zero attached hydrogens (tertiary/aromatic N) is 4. The number of fused-ring (bicyclic) bond motifs is 1. The predicted molar refractivity (Wildman–Crippen MR) is 75.3 cm³/mol. The molecule has 3 aromatic rings. The van der Waals surface area contributed by atoms with Crippen molar-refractivity contribution in [1.29, 1.82) is 0 Å². The van der Waals surface area contributed by atoms with Crippen molar-refractivity contribution in [3.05, 3.63) is 31.0 Å². The largest absolute Gasteiger partial charge is 0.346 e. The van der Waals surface area contributed by atoms with Crippen molar-refractivity contribution in [3.63, 3.8) is 0 Å². The number of H-pyrrole nitrogens is 1. The van der Waals surface area contributed by atoms with Crippen LogP contribution < -0.4 is 0 Å². The zero-order chi connectivity index (χ0) is 14.1. The molecule has 0 aliphatic heterocycles. The molecule has 2 N–H and O–H groups in total. The SMILES string of the molecule is CC(Cn1cc(-c2ncnc3[nH]ccc23)cn1)S(=O)O. The highest BCUT2D eigenvalue weighted by atomic mass is 32.2. The molecular weight excluding hydrogens is 278 g/mol. The van der Waals surface area contributed by atoms with Crippen LogP contribution in [0.4, 0.5) is 0 Å². The summed E-state index contributed by atoms with van der Waals surface area (Å²) in [6.07, 6.45) is 6.82. The van der Waals surface area contributed by atoms with Gasteiger partial charge in [0, 0.05) is 23.3 Å². The molecule has 0 aliphatic rings. The fraction of sp³-hybridized carbons (Fsp3) is 0.250. The van der Waals surface area contributed by atoms with Crippen LogP contribution in [-0.2, 0) is 17.6 Å². The minimum Gasteiger partial charge on any atom is -0.346 e. The first-order chi connectivity index (χ1) is 9.65. The van der Waals surface area contributed by atoms with Gasteiger partial charge in [-0.05, 0) is 13.0 Å². The summed E-state index contributed by atoms with van der Waals surface area (Å²) >= 11 is -1.85. The maximum Gasteiger partial charge on any atom is 0.157 e. The van der Waals surface area contributed by atoms with Crippen LogP contribution in [0.2, 0.25) is 0 Å². The zero-order valence-electron chi connectivity index (χ0n) is 10.7. The van der Waals surface area contributed by atoms with Crippen LogP contribution in [0, 0.1) is 0 Å². The fourth-order valence-corrected chi connectivity index (χ4v) is 2.30. The fourth-order valence-electron chi connectivity index (χ4n) is 2.02. The third-order valence-electron chi connectivity index (χ3n) is 3.05. The van der Waals surface area contributed by atoms with Gasteiger partial charge in [0.25, 0.3) is 0 Å². The standard InChI is InChI=1S/C12H13N5O2S/c1-8(20(18)19)5-17-6-9(4-16-17)11-10-2-3-13-12(10)15-7-14-11/h2-4,6-8H,5H2,1H3,(H,18,19)(H,13,14,15). The highest BCUT2D eigenvalue weighted by Crippen LogP contribution is 2.24. The van der Waals surface area contributed by atoms with Crippen LogP contribution in [0.3, 0.4) is 0 Å². The normalized spacial score (nSPS) is 14.5. The summed E-state index contributed by atoms with van der Waals surface area (Å²) in [5, 5.41) is 4.75. The average Bonchev–Trinajstić information content (AvgIpc) is 3.06. The van der Waals surface area contributed by atoms with Gasteiger partial charge in [-0.1, -0.05) is 0 Å². The maximum atomic E-state index is 11.0. The van der Waals surface area contributed by atoms with Crippen molar-refractivity contribution in [2.75, 3.05) is 0 Å². The van der Waals surface area contributed by atoms with E-state index in [0.717, 1.165) is 22.3 Å². The molecule has 8 heteroatoms. The van der Waals surface area contributed by atoms with Crippen molar-refractivity contribution in [2.24, 2.45) is 0 Å². The number of rotatable bonds is 4. The van der Waals surface area contributed by atoms with Gasteiger partial charge < -0.3 is 9.54 Å². The Labute approximate surface area is 117 Å². The Bertz CT molecular complexity index is 766. The summed E-state index contributed by atoms with van der Waals surface area (Å²) in [4.78, 5) is 11.5. The number of aromatic nitrogens is 5. The summed E-state index contributed by atoms with van der Waals surface area (Å²) in [6.45, 7) is 2.08. The van der Waals surface area contributed by atoms with Crippen molar-refractivity contribution in [2.45, 2.75) is 18.7 Å². The smallest absolute Gasteiger partial charge is 0.157 e. The summed E-state index contributed by atoms with van der Waals surface area (Å²) < 4.78 is 21.6. The molecule has 3 heterocycles. The van der Waals surface area contributed by atoms with E-state index in [-0.39, 0.29) is 5.25 Å². The highest BCUT2D eigenvalue weighted by Gasteiger charge is 2.12. The van der Waals surface area contributed by atoms with E-state index in [1.807, 2.05) is 18.5 Å². The first kappa shape index (κ1) is 12.9. The van der Waals surface area contributed by atoms with Crippen LogP contribution in [-0.4, -0.2) is 38.7 Å². The minimum atomic E-state index is -1.85. The third kappa shape index (κ3) is 2.35. The van der Waals surface area contributed by atoms with E-state index in [1.165, 1.54) is 6.33 Å². The van der Waals surface area contributed by atoms with Gasteiger partial charge in [-0.3, -0.25) is 4.68 Å². The van der Waals surface area contributed by atoms with E-state index in [4.69, 9.17) is 4.55 Å². The van der Waals surface area contributed by atoms with E-state index < -0.39 is 11.1 Å². The molecule has 104 valence electrons. The second-order valence-corrected chi connectivity index (χ2v) is 5.86. The van der Waals surface area contributed by atoms with Gasteiger partial charge in [-0.2, -0.15) is 5.10 Å². The van der Waals surface area contributed by atoms with Crippen LogP contribution >= 0.6 is 0 Å². The van der Waals surface area contributed by atoms with Crippen molar-refractivity contribution in [3.8, 4) is 11.3 Å². The van der Waals surface area contributed by atoms with Gasteiger partial charge in [0.2, 0.25) is 0 Å². The van der Waals surface area contributed by atoms with Gasteiger partial charge in [0.05, 0.1) is 23.7 Å². The molecular formula is C12H13N5O2S. The molecule has 3 aromatic heterocycles. The predicted octanol–water partition coefficient (Wildman–Crippen LogP) is 1.43. The molecule has 0 spiro atoms. The molecule has 0 bridgehead atoms. The van der Waals surface area contributed by atoms with Gasteiger partial charge in [0.1, 0.15) is 12.0 Å². The molecule has 0 saturated carbocycles. The molecule has 7 nitrogen and oxygen atoms in total. The number of nitrogens with one attached hydrogen (secondary N) is 1. The van der Waals surface area contributed by atoms with Crippen molar-refractivity contribution < 1.29 is 8.76 Å². The van der Waals surface area contributed by atoms with Crippen molar-refractivity contribution in [1.82, 2.24) is 24.7 Å². The maximum absolute atomic E-state index is 11.0. The lowest BCUT2D eigenvalue weighted by Gasteiger charge is -2.06. The second-order valence-electron chi connectivity index (χ2n) is 4.50. The molecule has 0 amide bonds. The summed E-state index contributed by atoms with van der Waals surface area (Å²) in [5.74, 6) is 0. The number of hydrogen-bond donors (Lipinski definition) is 2. The van der Waals surface area contributed by atoms with Crippen LogP contribution in [0.25, 0.3) is 22.3 Å². The van der Waals surface area contributed by atoms with E-state index in [0.29, 0.717) is 6.54 Å². The van der Waals surface area contributed by atoms with Crippen LogP contribution in [0.1, 0.15) is 6.92 Å². The molecule has 2 unspecified atom stereocenters. The monoisotopic (exact) mass is 291 g/mol. The minimum absolute atomic E-state index is 0.375. The van der Waals surface area contributed by atoms with Crippen LogP contribution in [0.15, 0.2) is 31.0 Å². The Hall–Kier alpha value is -2.06. The zero-order valence-corrected chi connectivity index (χ0v) is 11.5. The molecule has 20 heavy (non-hydrogen) atoms. The summed E-state index contributed by atoms with van der Waals surface area (Å²) in [6, 6.07) is 1.91. The lowest BCUT2D eigenvalue weighted by atomic mass is 10.2. The lowest BCUT2D eigenvalue weighted by Crippen LogP contribution is -2.17. The van der Waals surface area contributed by atoms with Gasteiger partial charge in [-0.25, -0.2) is 14.2 Å². The van der Waals surface area contributed by atoms with Crippen molar-refractivity contribution >= 4 is 22.1 Å². The van der Waals surface area contributed by atoms with Gasteiger partial charge in [0.15, 0.2) is 11.1 Å². The van der Waals surface area contributed by atoms with Gasteiger partial charge >= 0.3 is 0 Å². The quantitative estimate of drug-likeness (QED) is 0.709.